The molecular formula is C12H13BrFN3. The van der Waals surface area contributed by atoms with Gasteiger partial charge in [0, 0.05) is 11.0 Å². The van der Waals surface area contributed by atoms with E-state index < -0.39 is 0 Å². The number of rotatable bonds is 3. The van der Waals surface area contributed by atoms with Crippen LogP contribution in [0, 0.1) is 5.82 Å². The maximum absolute atomic E-state index is 13.0. The first kappa shape index (κ1) is 12.1. The number of nitrogens with zero attached hydrogens (tertiary/aromatic N) is 2. The van der Waals surface area contributed by atoms with Gasteiger partial charge < -0.3 is 10.6 Å². The van der Waals surface area contributed by atoms with Gasteiger partial charge in [-0.05, 0) is 17.7 Å². The first-order valence-corrected chi connectivity index (χ1v) is 6.05. The van der Waals surface area contributed by atoms with E-state index in [-0.39, 0.29) is 11.9 Å². The van der Waals surface area contributed by atoms with Gasteiger partial charge in [-0.3, -0.25) is 4.99 Å². The van der Waals surface area contributed by atoms with Gasteiger partial charge in [-0.2, -0.15) is 0 Å². The zero-order valence-corrected chi connectivity index (χ0v) is 10.8. The number of hydrogen-bond donors (Lipinski definition) is 1. The van der Waals surface area contributed by atoms with Crippen molar-refractivity contribution in [3.63, 3.8) is 0 Å². The Morgan fingerprint density at radius 3 is 3.06 bits per heavy atom. The molecule has 1 aromatic rings. The van der Waals surface area contributed by atoms with Crippen LogP contribution in [0.15, 0.2) is 40.3 Å². The maximum Gasteiger partial charge on any atom is 0.192 e. The fourth-order valence-corrected chi connectivity index (χ4v) is 2.54. The first-order chi connectivity index (χ1) is 8.13. The average molecular weight is 298 g/mol. The van der Waals surface area contributed by atoms with E-state index in [1.54, 1.807) is 12.1 Å². The molecule has 2 N–H and O–H groups in total. The number of nitrogens with two attached hydrogens (primary N) is 1. The molecule has 0 amide bonds. The van der Waals surface area contributed by atoms with Crippen LogP contribution in [0.5, 0.6) is 0 Å². The van der Waals surface area contributed by atoms with Crippen molar-refractivity contribution in [3.05, 3.63) is 46.7 Å². The van der Waals surface area contributed by atoms with E-state index in [1.165, 1.54) is 12.1 Å². The van der Waals surface area contributed by atoms with Crippen LogP contribution in [0.25, 0.3) is 0 Å². The quantitative estimate of drug-likeness (QED) is 0.871. The summed E-state index contributed by atoms with van der Waals surface area (Å²) in [4.78, 5) is 6.16. The smallest absolute Gasteiger partial charge is 0.192 e. The number of guanidine groups is 1. The van der Waals surface area contributed by atoms with Crippen molar-refractivity contribution in [3.8, 4) is 0 Å². The largest absolute Gasteiger partial charge is 0.370 e. The highest BCUT2D eigenvalue weighted by Gasteiger charge is 2.27. The minimum Gasteiger partial charge on any atom is -0.370 e. The SMILES string of the molecule is C=CCN1C(N)=NCC1c1ccc(F)cc1Br. The minimum atomic E-state index is -0.261. The van der Waals surface area contributed by atoms with Gasteiger partial charge in [-0.1, -0.05) is 28.1 Å². The topological polar surface area (TPSA) is 41.6 Å². The van der Waals surface area contributed by atoms with Crippen molar-refractivity contribution < 1.29 is 4.39 Å². The summed E-state index contributed by atoms with van der Waals surface area (Å²) >= 11 is 3.37. The van der Waals surface area contributed by atoms with Crippen LogP contribution in [-0.4, -0.2) is 23.9 Å². The number of halogens is 2. The summed E-state index contributed by atoms with van der Waals surface area (Å²) in [6.07, 6.45) is 1.78. The van der Waals surface area contributed by atoms with E-state index in [2.05, 4.69) is 27.5 Å². The molecule has 0 spiro atoms. The van der Waals surface area contributed by atoms with Gasteiger partial charge in [-0.15, -0.1) is 6.58 Å². The lowest BCUT2D eigenvalue weighted by molar-refractivity contribution is 0.379. The van der Waals surface area contributed by atoms with Crippen LogP contribution in [0.2, 0.25) is 0 Å². The molecule has 0 radical (unpaired) electrons. The highest BCUT2D eigenvalue weighted by atomic mass is 79.9. The zero-order chi connectivity index (χ0) is 12.4. The third-order valence-electron chi connectivity index (χ3n) is 2.74. The monoisotopic (exact) mass is 297 g/mol. The lowest BCUT2D eigenvalue weighted by atomic mass is 10.1. The molecular weight excluding hydrogens is 285 g/mol. The molecule has 1 atom stereocenters. The van der Waals surface area contributed by atoms with E-state index >= 15 is 0 Å². The molecule has 1 heterocycles. The summed E-state index contributed by atoms with van der Waals surface area (Å²) in [5.74, 6) is 0.244. The third-order valence-corrected chi connectivity index (χ3v) is 3.43. The van der Waals surface area contributed by atoms with Crippen molar-refractivity contribution in [1.29, 1.82) is 0 Å². The van der Waals surface area contributed by atoms with Crippen molar-refractivity contribution in [1.82, 2.24) is 4.90 Å². The average Bonchev–Trinajstić information content (AvgIpc) is 2.62. The number of benzene rings is 1. The van der Waals surface area contributed by atoms with Crippen LogP contribution in [0.1, 0.15) is 11.6 Å². The predicted octanol–water partition coefficient (Wildman–Crippen LogP) is 2.45. The molecule has 0 aliphatic carbocycles. The van der Waals surface area contributed by atoms with Crippen molar-refractivity contribution >= 4 is 21.9 Å². The number of aliphatic imine (C=N–C) groups is 1. The normalized spacial score (nSPS) is 19.3. The Labute approximate surface area is 108 Å². The highest BCUT2D eigenvalue weighted by Crippen LogP contribution is 2.31. The Morgan fingerprint density at radius 1 is 1.65 bits per heavy atom. The second-order valence-corrected chi connectivity index (χ2v) is 4.68. The Morgan fingerprint density at radius 2 is 2.41 bits per heavy atom. The maximum atomic E-state index is 13.0. The Hall–Kier alpha value is -1.36. The minimum absolute atomic E-state index is 0.0444. The summed E-state index contributed by atoms with van der Waals surface area (Å²) in [6, 6.07) is 4.70. The molecule has 1 aromatic carbocycles. The summed E-state index contributed by atoms with van der Waals surface area (Å²) in [5, 5.41) is 0. The summed E-state index contributed by atoms with van der Waals surface area (Å²) < 4.78 is 13.8. The van der Waals surface area contributed by atoms with Crippen LogP contribution in [-0.2, 0) is 0 Å². The molecule has 3 nitrogen and oxygen atoms in total. The predicted molar refractivity (Wildman–Crippen MR) is 70.2 cm³/mol. The van der Waals surface area contributed by atoms with Crippen molar-refractivity contribution in [2.75, 3.05) is 13.1 Å². The third kappa shape index (κ3) is 2.34. The van der Waals surface area contributed by atoms with Gasteiger partial charge in [0.1, 0.15) is 5.82 Å². The molecule has 1 aliphatic heterocycles. The van der Waals surface area contributed by atoms with E-state index in [9.17, 15) is 4.39 Å². The van der Waals surface area contributed by atoms with E-state index in [0.29, 0.717) is 19.0 Å². The molecule has 0 bridgehead atoms. The van der Waals surface area contributed by atoms with E-state index in [0.717, 1.165) is 10.0 Å². The van der Waals surface area contributed by atoms with Gasteiger partial charge in [0.05, 0.1) is 12.6 Å². The Balaban J connectivity index is 2.31. The second-order valence-electron chi connectivity index (χ2n) is 3.82. The molecule has 0 aromatic heterocycles. The number of hydrogen-bond acceptors (Lipinski definition) is 3. The van der Waals surface area contributed by atoms with Crippen molar-refractivity contribution in [2.45, 2.75) is 6.04 Å². The van der Waals surface area contributed by atoms with Gasteiger partial charge in [-0.25, -0.2) is 4.39 Å². The lowest BCUT2D eigenvalue weighted by Gasteiger charge is -2.25. The molecule has 1 aliphatic rings. The summed E-state index contributed by atoms with van der Waals surface area (Å²) in [7, 11) is 0. The molecule has 0 saturated heterocycles. The van der Waals surface area contributed by atoms with Gasteiger partial charge in [0.25, 0.3) is 0 Å². The fourth-order valence-electron chi connectivity index (χ4n) is 1.93. The van der Waals surface area contributed by atoms with Gasteiger partial charge in [0.15, 0.2) is 5.96 Å². The second kappa shape index (κ2) is 4.87. The lowest BCUT2D eigenvalue weighted by Crippen LogP contribution is -2.36. The van der Waals surface area contributed by atoms with Crippen LogP contribution < -0.4 is 5.73 Å². The van der Waals surface area contributed by atoms with Crippen LogP contribution in [0.3, 0.4) is 0 Å². The van der Waals surface area contributed by atoms with Gasteiger partial charge in [0.2, 0.25) is 0 Å². The summed E-state index contributed by atoms with van der Waals surface area (Å²) in [5.41, 5.74) is 6.80. The molecule has 0 saturated carbocycles. The van der Waals surface area contributed by atoms with E-state index in [4.69, 9.17) is 5.73 Å². The standard InChI is InChI=1S/C12H13BrFN3/c1-2-5-17-11(7-16-12(17)15)9-4-3-8(14)6-10(9)13/h2-4,6,11H,1,5,7H2,(H2,15,16). The molecule has 2 rings (SSSR count). The molecule has 5 heteroatoms. The van der Waals surface area contributed by atoms with Crippen molar-refractivity contribution in [2.24, 2.45) is 10.7 Å². The van der Waals surface area contributed by atoms with E-state index in [1.807, 2.05) is 4.90 Å². The Bertz CT molecular complexity index is 473. The van der Waals surface area contributed by atoms with Gasteiger partial charge >= 0.3 is 0 Å². The molecule has 0 fully saturated rings. The zero-order valence-electron chi connectivity index (χ0n) is 9.24. The van der Waals surface area contributed by atoms with Crippen LogP contribution in [0.4, 0.5) is 4.39 Å². The molecule has 90 valence electrons. The highest BCUT2D eigenvalue weighted by molar-refractivity contribution is 9.10. The molecule has 1 unspecified atom stereocenters. The molecule has 17 heavy (non-hydrogen) atoms. The summed E-state index contributed by atoms with van der Waals surface area (Å²) in [6.45, 7) is 4.92. The van der Waals surface area contributed by atoms with Crippen LogP contribution >= 0.6 is 15.9 Å². The fraction of sp³-hybridized carbons (Fsp3) is 0.250. The first-order valence-electron chi connectivity index (χ1n) is 5.26. The Kier molecular flexibility index (Phi) is 3.47.